The van der Waals surface area contributed by atoms with E-state index in [0.29, 0.717) is 5.92 Å². The van der Waals surface area contributed by atoms with Crippen molar-refractivity contribution in [2.45, 2.75) is 43.3 Å². The second kappa shape index (κ2) is 9.26. The van der Waals surface area contributed by atoms with Gasteiger partial charge in [-0.1, -0.05) is 11.8 Å². The molecular weight excluding hydrogens is 362 g/mol. The number of thioether (sulfide) groups is 1. The van der Waals surface area contributed by atoms with Crippen LogP contribution in [0.4, 0.5) is 0 Å². The van der Waals surface area contributed by atoms with Crippen LogP contribution in [0.5, 0.6) is 0 Å². The van der Waals surface area contributed by atoms with E-state index < -0.39 is 0 Å². The summed E-state index contributed by atoms with van der Waals surface area (Å²) in [5.41, 5.74) is 1.22. The van der Waals surface area contributed by atoms with Crippen molar-refractivity contribution in [1.82, 2.24) is 24.8 Å². The molecule has 1 atom stereocenters. The maximum absolute atomic E-state index is 4.89. The van der Waals surface area contributed by atoms with Gasteiger partial charge in [-0.15, -0.1) is 11.3 Å². The molecule has 2 aliphatic rings. The summed E-state index contributed by atoms with van der Waals surface area (Å²) in [4.78, 5) is 18.9. The maximum atomic E-state index is 4.89. The molecule has 2 aliphatic heterocycles. The van der Waals surface area contributed by atoms with Crippen molar-refractivity contribution < 1.29 is 0 Å². The van der Waals surface area contributed by atoms with E-state index in [1.807, 2.05) is 12.4 Å². The van der Waals surface area contributed by atoms with Crippen molar-refractivity contribution in [3.8, 4) is 0 Å². The zero-order valence-electron chi connectivity index (χ0n) is 15.2. The summed E-state index contributed by atoms with van der Waals surface area (Å²) in [6.45, 7) is 6.89. The topological polar surface area (TPSA) is 45.2 Å². The minimum absolute atomic E-state index is 0.518. The fraction of sp³-hybridized carbons (Fsp3) is 0.632. The summed E-state index contributed by atoms with van der Waals surface area (Å²) >= 11 is 3.55. The first-order chi connectivity index (χ1) is 12.9. The zero-order chi connectivity index (χ0) is 17.6. The van der Waals surface area contributed by atoms with Crippen LogP contribution in [-0.4, -0.2) is 63.2 Å². The van der Waals surface area contributed by atoms with Gasteiger partial charge in [-0.3, -0.25) is 4.90 Å². The highest BCUT2D eigenvalue weighted by molar-refractivity contribution is 7.99. The number of hydrogen-bond acceptors (Lipinski definition) is 7. The smallest absolute Gasteiger partial charge is 0.187 e. The number of aromatic nitrogens is 3. The van der Waals surface area contributed by atoms with Gasteiger partial charge in [0.2, 0.25) is 0 Å². The van der Waals surface area contributed by atoms with Gasteiger partial charge in [0.15, 0.2) is 5.16 Å². The molecule has 7 heteroatoms. The summed E-state index contributed by atoms with van der Waals surface area (Å²) in [7, 11) is 0. The van der Waals surface area contributed by atoms with E-state index in [1.165, 1.54) is 56.0 Å². The molecule has 0 spiro atoms. The monoisotopic (exact) mass is 389 g/mol. The van der Waals surface area contributed by atoms with Crippen LogP contribution >= 0.6 is 23.1 Å². The van der Waals surface area contributed by atoms with Gasteiger partial charge >= 0.3 is 0 Å². The van der Waals surface area contributed by atoms with Crippen molar-refractivity contribution in [1.29, 1.82) is 0 Å². The Kier molecular flexibility index (Phi) is 6.53. The lowest BCUT2D eigenvalue weighted by atomic mass is 9.94. The van der Waals surface area contributed by atoms with Gasteiger partial charge in [-0.25, -0.2) is 15.0 Å². The lowest BCUT2D eigenvalue weighted by Gasteiger charge is -2.31. The highest BCUT2D eigenvalue weighted by atomic mass is 32.2. The van der Waals surface area contributed by atoms with Gasteiger partial charge in [0.05, 0.1) is 6.54 Å². The van der Waals surface area contributed by atoms with E-state index in [2.05, 4.69) is 31.2 Å². The molecule has 0 aromatic carbocycles. The van der Waals surface area contributed by atoms with Gasteiger partial charge < -0.3 is 4.90 Å². The molecule has 140 valence electrons. The van der Waals surface area contributed by atoms with Gasteiger partial charge in [0.1, 0.15) is 5.01 Å². The SMILES string of the molecule is c1cc([C@@H]2CCCN(Cc3nccs3)C2)nc(SCCN2CCCC2)n1. The second-order valence-electron chi connectivity index (χ2n) is 7.16. The summed E-state index contributed by atoms with van der Waals surface area (Å²) in [6.07, 6.45) is 9.02. The molecule has 26 heavy (non-hydrogen) atoms. The van der Waals surface area contributed by atoms with Crippen molar-refractivity contribution in [3.05, 3.63) is 34.5 Å². The number of hydrogen-bond donors (Lipinski definition) is 0. The van der Waals surface area contributed by atoms with E-state index in [0.717, 1.165) is 30.5 Å². The molecule has 2 aromatic heterocycles. The van der Waals surface area contributed by atoms with E-state index in [4.69, 9.17) is 4.98 Å². The molecule has 4 heterocycles. The van der Waals surface area contributed by atoms with Crippen LogP contribution < -0.4 is 0 Å². The maximum Gasteiger partial charge on any atom is 0.187 e. The molecular formula is C19H27N5S2. The fourth-order valence-electron chi connectivity index (χ4n) is 3.89. The number of nitrogens with zero attached hydrogens (tertiary/aromatic N) is 5. The predicted octanol–water partition coefficient (Wildman–Crippen LogP) is 3.50. The van der Waals surface area contributed by atoms with E-state index in [-0.39, 0.29) is 0 Å². The molecule has 0 radical (unpaired) electrons. The average molecular weight is 390 g/mol. The second-order valence-corrected chi connectivity index (χ2v) is 9.20. The van der Waals surface area contributed by atoms with Crippen LogP contribution in [0.1, 0.15) is 42.3 Å². The predicted molar refractivity (Wildman–Crippen MR) is 108 cm³/mol. The molecule has 0 saturated carbocycles. The Labute approximate surface area is 164 Å². The molecule has 0 amide bonds. The Morgan fingerprint density at radius 1 is 1.08 bits per heavy atom. The van der Waals surface area contributed by atoms with Crippen molar-refractivity contribution >= 4 is 23.1 Å². The Morgan fingerprint density at radius 2 is 1.96 bits per heavy atom. The molecule has 4 rings (SSSR count). The third-order valence-corrected chi connectivity index (χ3v) is 6.86. The van der Waals surface area contributed by atoms with E-state index >= 15 is 0 Å². The summed E-state index contributed by atoms with van der Waals surface area (Å²) in [6, 6.07) is 2.11. The number of rotatable bonds is 7. The Balaban J connectivity index is 1.31. The molecule has 2 fully saturated rings. The van der Waals surface area contributed by atoms with Gasteiger partial charge in [-0.05, 0) is 51.4 Å². The molecule has 5 nitrogen and oxygen atoms in total. The minimum atomic E-state index is 0.518. The summed E-state index contributed by atoms with van der Waals surface area (Å²) in [5, 5.41) is 4.22. The zero-order valence-corrected chi connectivity index (χ0v) is 16.9. The first-order valence-corrected chi connectivity index (χ1v) is 11.5. The molecule has 2 saturated heterocycles. The minimum Gasteiger partial charge on any atom is -0.303 e. The van der Waals surface area contributed by atoms with E-state index in [1.54, 1.807) is 23.1 Å². The first kappa shape index (κ1) is 18.3. The van der Waals surface area contributed by atoms with Gasteiger partial charge in [0.25, 0.3) is 0 Å². The molecule has 2 aromatic rings. The standard InChI is InChI=1S/C19H27N5S2/c1-2-9-23(8-1)11-13-26-19-21-6-5-17(22-19)16-4-3-10-24(14-16)15-18-20-7-12-25-18/h5-7,12,16H,1-4,8-11,13-15H2/t16-/m1/s1. The Bertz CT molecular complexity index is 672. The quantitative estimate of drug-likeness (QED) is 0.533. The number of piperidine rings is 1. The lowest BCUT2D eigenvalue weighted by Crippen LogP contribution is -2.34. The normalized spacial score (nSPS) is 22.1. The highest BCUT2D eigenvalue weighted by Gasteiger charge is 2.23. The molecule has 0 unspecified atom stereocenters. The summed E-state index contributed by atoms with van der Waals surface area (Å²) < 4.78 is 0. The van der Waals surface area contributed by atoms with Crippen LogP contribution in [0.15, 0.2) is 29.0 Å². The van der Waals surface area contributed by atoms with Crippen LogP contribution in [-0.2, 0) is 6.54 Å². The first-order valence-electron chi connectivity index (χ1n) is 9.65. The highest BCUT2D eigenvalue weighted by Crippen LogP contribution is 2.27. The average Bonchev–Trinajstić information content (AvgIpc) is 3.37. The Hall–Kier alpha value is -1.02. The van der Waals surface area contributed by atoms with Crippen molar-refractivity contribution in [2.75, 3.05) is 38.5 Å². The van der Waals surface area contributed by atoms with Crippen LogP contribution in [0.3, 0.4) is 0 Å². The van der Waals surface area contributed by atoms with E-state index in [9.17, 15) is 0 Å². The van der Waals surface area contributed by atoms with Crippen LogP contribution in [0, 0.1) is 0 Å². The largest absolute Gasteiger partial charge is 0.303 e. The number of likely N-dealkylation sites (tertiary alicyclic amines) is 2. The molecule has 0 N–H and O–H groups in total. The summed E-state index contributed by atoms with van der Waals surface area (Å²) in [5.74, 6) is 1.61. The Morgan fingerprint density at radius 3 is 2.81 bits per heavy atom. The third kappa shape index (κ3) is 5.03. The van der Waals surface area contributed by atoms with Gasteiger partial charge in [0, 0.05) is 48.2 Å². The van der Waals surface area contributed by atoms with Crippen LogP contribution in [0.2, 0.25) is 0 Å². The third-order valence-electron chi connectivity index (χ3n) is 5.26. The molecule has 0 bridgehead atoms. The van der Waals surface area contributed by atoms with Gasteiger partial charge in [-0.2, -0.15) is 0 Å². The fourth-order valence-corrected chi connectivity index (χ4v) is 5.38. The van der Waals surface area contributed by atoms with Crippen LogP contribution in [0.25, 0.3) is 0 Å². The molecule has 0 aliphatic carbocycles. The van der Waals surface area contributed by atoms with Crippen molar-refractivity contribution in [3.63, 3.8) is 0 Å². The number of thiazole rings is 1. The lowest BCUT2D eigenvalue weighted by molar-refractivity contribution is 0.198. The van der Waals surface area contributed by atoms with Crippen molar-refractivity contribution in [2.24, 2.45) is 0 Å².